The molecule has 0 aliphatic heterocycles. The predicted octanol–water partition coefficient (Wildman–Crippen LogP) is 24.3. The molecule has 0 N–H and O–H groups in total. The van der Waals surface area contributed by atoms with Gasteiger partial charge in [-0.25, -0.2) is 0 Å². The normalized spacial score (nSPS) is 12.9. The summed E-state index contributed by atoms with van der Waals surface area (Å²) in [6.07, 6.45) is 97.8. The first kappa shape index (κ1) is 78.8. The molecule has 0 spiro atoms. The van der Waals surface area contributed by atoms with Crippen molar-refractivity contribution in [2.24, 2.45) is 0 Å². The maximum atomic E-state index is 13.0. The second-order valence-electron chi connectivity index (χ2n) is 23.1. The van der Waals surface area contributed by atoms with Crippen molar-refractivity contribution in [3.63, 3.8) is 0 Å². The number of hydrogen-bond donors (Lipinski definition) is 0. The van der Waals surface area contributed by atoms with Crippen molar-refractivity contribution in [3.8, 4) is 0 Å². The Hall–Kier alpha value is -4.19. The van der Waals surface area contributed by atoms with Crippen molar-refractivity contribution >= 4 is 17.9 Å². The summed E-state index contributed by atoms with van der Waals surface area (Å²) < 4.78 is 17.0. The highest BCUT2D eigenvalue weighted by molar-refractivity contribution is 5.71. The molecule has 6 nitrogen and oxygen atoms in total. The first-order valence-corrected chi connectivity index (χ1v) is 35.0. The number of carbonyl (C=O) groups is 3. The van der Waals surface area contributed by atoms with E-state index >= 15 is 0 Å². The first-order valence-electron chi connectivity index (χ1n) is 35.0. The van der Waals surface area contributed by atoms with Crippen LogP contribution in [-0.2, 0) is 28.6 Å². The van der Waals surface area contributed by atoms with Crippen molar-refractivity contribution < 1.29 is 28.6 Å². The van der Waals surface area contributed by atoms with E-state index in [2.05, 4.69) is 142 Å². The highest BCUT2D eigenvalue weighted by Crippen LogP contribution is 2.16. The lowest BCUT2D eigenvalue weighted by molar-refractivity contribution is -0.167. The van der Waals surface area contributed by atoms with Gasteiger partial charge < -0.3 is 14.2 Å². The van der Waals surface area contributed by atoms with E-state index in [-0.39, 0.29) is 31.1 Å². The van der Waals surface area contributed by atoms with Crippen LogP contribution in [0.2, 0.25) is 0 Å². The molecule has 0 aliphatic carbocycles. The SMILES string of the molecule is CC/C=C\C/C=C\C/C=C\C/C=C\C/C=C\C/C=C\C/C=C\CCCCCCCC(=O)OCC(COC(=O)CCCCCCCCCCCCCCCCC)OC(=O)CCCCCCCCCC/C=C\C/C=C\C/C=C\CCCCCCC. The number of esters is 3. The van der Waals surface area contributed by atoms with Crippen molar-refractivity contribution in [1.29, 1.82) is 0 Å². The maximum Gasteiger partial charge on any atom is 0.306 e. The highest BCUT2D eigenvalue weighted by atomic mass is 16.6. The van der Waals surface area contributed by atoms with Gasteiger partial charge in [0, 0.05) is 19.3 Å². The minimum Gasteiger partial charge on any atom is -0.462 e. The van der Waals surface area contributed by atoms with E-state index in [0.717, 1.165) is 141 Å². The number of hydrogen-bond acceptors (Lipinski definition) is 6. The third-order valence-corrected chi connectivity index (χ3v) is 15.0. The summed E-state index contributed by atoms with van der Waals surface area (Å²) in [6, 6.07) is 0. The van der Waals surface area contributed by atoms with Gasteiger partial charge in [0.05, 0.1) is 0 Å². The number of ether oxygens (including phenoxy) is 3. The largest absolute Gasteiger partial charge is 0.462 e. The number of unbranched alkanes of at least 4 members (excludes halogenated alkanes) is 32. The lowest BCUT2D eigenvalue weighted by atomic mass is 10.0. The Morgan fingerprint density at radius 1 is 0.253 bits per heavy atom. The molecular weight excluding hydrogens is 1020 g/mol. The summed E-state index contributed by atoms with van der Waals surface area (Å²) in [6.45, 7) is 6.53. The maximum absolute atomic E-state index is 13.0. The van der Waals surface area contributed by atoms with Crippen LogP contribution in [0.15, 0.2) is 122 Å². The zero-order chi connectivity index (χ0) is 59.9. The van der Waals surface area contributed by atoms with Crippen molar-refractivity contribution in [2.75, 3.05) is 13.2 Å². The lowest BCUT2D eigenvalue weighted by Crippen LogP contribution is -2.30. The molecule has 0 saturated heterocycles. The van der Waals surface area contributed by atoms with Crippen LogP contribution in [0.4, 0.5) is 0 Å². The second kappa shape index (κ2) is 70.3. The Kier molecular flexibility index (Phi) is 66.7. The van der Waals surface area contributed by atoms with E-state index in [9.17, 15) is 14.4 Å². The van der Waals surface area contributed by atoms with Crippen molar-refractivity contribution in [3.05, 3.63) is 122 Å². The molecule has 0 saturated carbocycles. The van der Waals surface area contributed by atoms with Crippen LogP contribution in [0, 0.1) is 0 Å². The fourth-order valence-corrected chi connectivity index (χ4v) is 9.73. The van der Waals surface area contributed by atoms with E-state index in [4.69, 9.17) is 14.2 Å². The van der Waals surface area contributed by atoms with Gasteiger partial charge in [0.25, 0.3) is 0 Å². The Labute approximate surface area is 513 Å². The Morgan fingerprint density at radius 2 is 0.470 bits per heavy atom. The average Bonchev–Trinajstić information content (AvgIpc) is 3.49. The van der Waals surface area contributed by atoms with Crippen LogP contribution < -0.4 is 0 Å². The second-order valence-corrected chi connectivity index (χ2v) is 23.1. The fraction of sp³-hybridized carbons (Fsp3) is 0.701. The molecule has 0 fully saturated rings. The summed E-state index contributed by atoms with van der Waals surface area (Å²) in [5.74, 6) is -0.902. The van der Waals surface area contributed by atoms with E-state index in [1.165, 1.54) is 148 Å². The monoisotopic (exact) mass is 1150 g/mol. The van der Waals surface area contributed by atoms with Crippen LogP contribution in [0.5, 0.6) is 0 Å². The molecule has 0 heterocycles. The highest BCUT2D eigenvalue weighted by Gasteiger charge is 2.19. The van der Waals surface area contributed by atoms with Gasteiger partial charge in [-0.05, 0) is 116 Å². The van der Waals surface area contributed by atoms with Gasteiger partial charge in [0.1, 0.15) is 13.2 Å². The molecule has 0 radical (unpaired) electrons. The summed E-state index contributed by atoms with van der Waals surface area (Å²) in [4.78, 5) is 38.5. The molecule has 1 unspecified atom stereocenters. The van der Waals surface area contributed by atoms with Crippen LogP contribution in [0.1, 0.15) is 329 Å². The van der Waals surface area contributed by atoms with E-state index in [1.54, 1.807) is 0 Å². The molecule has 0 aromatic rings. The standard InChI is InChI=1S/C77H130O6/c1-4-7-10-13-16-19-22-25-28-30-32-34-36-37-38-39-41-42-44-46-49-52-55-58-61-64-67-70-76(79)82-73-74(72-81-75(78)69-66-63-60-57-54-51-48-27-24-21-18-15-12-9-6-3)83-77(80)71-68-65-62-59-56-53-50-47-45-43-40-35-33-31-29-26-23-20-17-14-11-8-5-2/h7,10,16,19,23,25-26,28,31-34,37-38,40-43,46,49,74H,4-6,8-9,11-15,17-18,20-22,24,27,29-30,35-36,39,44-45,47-48,50-73H2,1-3H3/b10-7-,19-16-,26-23-,28-25-,33-31-,34-32-,38-37-,42-41-,43-40-,49-46-. The zero-order valence-electron chi connectivity index (χ0n) is 54.4. The third kappa shape index (κ3) is 68.5. The van der Waals surface area contributed by atoms with E-state index in [0.29, 0.717) is 19.3 Å². The Bertz CT molecular complexity index is 1700. The Morgan fingerprint density at radius 3 is 0.735 bits per heavy atom. The first-order chi connectivity index (χ1) is 41.0. The molecule has 6 heteroatoms. The molecule has 0 amide bonds. The fourth-order valence-electron chi connectivity index (χ4n) is 9.73. The molecule has 0 bridgehead atoms. The number of allylic oxidation sites excluding steroid dienone is 20. The molecule has 474 valence electrons. The van der Waals surface area contributed by atoms with Crippen LogP contribution in [0.3, 0.4) is 0 Å². The summed E-state index contributed by atoms with van der Waals surface area (Å²) in [7, 11) is 0. The van der Waals surface area contributed by atoms with Crippen LogP contribution in [0.25, 0.3) is 0 Å². The van der Waals surface area contributed by atoms with Gasteiger partial charge in [-0.15, -0.1) is 0 Å². The van der Waals surface area contributed by atoms with Crippen molar-refractivity contribution in [1.82, 2.24) is 0 Å². The van der Waals surface area contributed by atoms with Crippen LogP contribution >= 0.6 is 0 Å². The molecule has 0 rings (SSSR count). The summed E-state index contributed by atoms with van der Waals surface area (Å²) >= 11 is 0. The van der Waals surface area contributed by atoms with E-state index < -0.39 is 6.10 Å². The quantitative estimate of drug-likeness (QED) is 0.0261. The third-order valence-electron chi connectivity index (χ3n) is 15.0. The average molecular weight is 1150 g/mol. The smallest absolute Gasteiger partial charge is 0.306 e. The number of rotatable bonds is 63. The Balaban J connectivity index is 4.41. The van der Waals surface area contributed by atoms with Gasteiger partial charge in [0.15, 0.2) is 6.10 Å². The predicted molar refractivity (Wildman–Crippen MR) is 362 cm³/mol. The minimum atomic E-state index is -0.794. The van der Waals surface area contributed by atoms with Gasteiger partial charge in [-0.3, -0.25) is 14.4 Å². The van der Waals surface area contributed by atoms with Gasteiger partial charge in [-0.2, -0.15) is 0 Å². The summed E-state index contributed by atoms with van der Waals surface area (Å²) in [5, 5.41) is 0. The lowest BCUT2D eigenvalue weighted by Gasteiger charge is -2.18. The number of carbonyl (C=O) groups excluding carboxylic acids is 3. The van der Waals surface area contributed by atoms with E-state index in [1.807, 2.05) is 0 Å². The topological polar surface area (TPSA) is 78.9 Å². The molecule has 1 atom stereocenters. The molecule has 83 heavy (non-hydrogen) atoms. The van der Waals surface area contributed by atoms with Crippen molar-refractivity contribution in [2.45, 2.75) is 335 Å². The molecule has 0 aromatic carbocycles. The van der Waals surface area contributed by atoms with Gasteiger partial charge >= 0.3 is 17.9 Å². The molecule has 0 aromatic heterocycles. The molecule has 0 aliphatic rings. The molecular formula is C77H130O6. The van der Waals surface area contributed by atoms with Gasteiger partial charge in [0.2, 0.25) is 0 Å². The van der Waals surface area contributed by atoms with Gasteiger partial charge in [-0.1, -0.05) is 316 Å². The minimum absolute atomic E-state index is 0.0868. The zero-order valence-corrected chi connectivity index (χ0v) is 54.4. The van der Waals surface area contributed by atoms with Crippen LogP contribution in [-0.4, -0.2) is 37.2 Å². The summed E-state index contributed by atoms with van der Waals surface area (Å²) in [5.41, 5.74) is 0.